The van der Waals surface area contributed by atoms with Crippen LogP contribution in [-0.4, -0.2) is 23.1 Å². The van der Waals surface area contributed by atoms with Crippen molar-refractivity contribution in [1.82, 2.24) is 0 Å². The van der Waals surface area contributed by atoms with Crippen molar-refractivity contribution in [3.05, 3.63) is 50.6 Å². The first-order chi connectivity index (χ1) is 10.4. The highest BCUT2D eigenvalue weighted by Crippen LogP contribution is 2.43. The van der Waals surface area contributed by atoms with Crippen LogP contribution >= 0.6 is 0 Å². The zero-order valence-electron chi connectivity index (χ0n) is 11.1. The second-order valence-corrected chi connectivity index (χ2v) is 4.78. The molecule has 0 unspecified atom stereocenters. The minimum absolute atomic E-state index is 0.174. The van der Waals surface area contributed by atoms with Crippen molar-refractivity contribution >= 4 is 11.5 Å². The lowest BCUT2D eigenvalue weighted by atomic mass is 9.84. The Kier molecular flexibility index (Phi) is 3.95. The molecule has 1 aliphatic rings. The summed E-state index contributed by atoms with van der Waals surface area (Å²) in [5, 5.41) is 10.6. The quantitative estimate of drug-likeness (QED) is 0.334. The van der Waals surface area contributed by atoms with E-state index in [4.69, 9.17) is 0 Å². The lowest BCUT2D eigenvalue weighted by molar-refractivity contribution is -0.384. The minimum Gasteiger partial charge on any atom is -0.289 e. The van der Waals surface area contributed by atoms with Gasteiger partial charge in [0.25, 0.3) is 5.69 Å². The van der Waals surface area contributed by atoms with Crippen LogP contribution in [0.25, 0.3) is 0 Å². The monoisotopic (exact) mass is 339 g/mol. The molecular formula is C13H7F6NO3. The maximum Gasteiger partial charge on any atom is 0.421 e. The van der Waals surface area contributed by atoms with Crippen LogP contribution in [0.2, 0.25) is 0 Å². The second kappa shape index (κ2) is 5.36. The number of nitrogens with zero attached hydrogens (tertiary/aromatic N) is 1. The molecule has 0 saturated heterocycles. The molecule has 0 aromatic heterocycles. The summed E-state index contributed by atoms with van der Waals surface area (Å²) >= 11 is 0. The van der Waals surface area contributed by atoms with Crippen molar-refractivity contribution in [2.24, 2.45) is 0 Å². The molecule has 1 aromatic carbocycles. The summed E-state index contributed by atoms with van der Waals surface area (Å²) in [6.45, 7) is 0. The number of hydrogen-bond donors (Lipinski definition) is 0. The minimum atomic E-state index is -5.75. The lowest BCUT2D eigenvalue weighted by Crippen LogP contribution is -2.31. The van der Waals surface area contributed by atoms with Gasteiger partial charge in [0, 0.05) is 23.3 Å². The van der Waals surface area contributed by atoms with Gasteiger partial charge in [0.1, 0.15) is 5.57 Å². The Morgan fingerprint density at radius 3 is 2.09 bits per heavy atom. The molecule has 0 bridgehead atoms. The number of fused-ring (bicyclic) bond motifs is 1. The molecule has 0 radical (unpaired) electrons. The lowest BCUT2D eigenvalue weighted by Gasteiger charge is -2.23. The number of benzene rings is 1. The first-order valence-corrected chi connectivity index (χ1v) is 6.12. The highest BCUT2D eigenvalue weighted by atomic mass is 19.4. The van der Waals surface area contributed by atoms with E-state index in [1.807, 2.05) is 0 Å². The number of ketones is 1. The molecule has 10 heteroatoms. The molecule has 1 aliphatic carbocycles. The number of non-ortho nitro benzene ring substituents is 1. The molecule has 0 saturated carbocycles. The van der Waals surface area contributed by atoms with E-state index in [1.165, 1.54) is 0 Å². The van der Waals surface area contributed by atoms with Crippen LogP contribution in [0.1, 0.15) is 22.3 Å². The SMILES string of the molecule is O=C1C(=C(C(F)(F)F)C(F)(F)F)CCc2ccc([N+](=O)[O-])cc21. The van der Waals surface area contributed by atoms with Crippen molar-refractivity contribution in [3.8, 4) is 0 Å². The van der Waals surface area contributed by atoms with E-state index >= 15 is 0 Å². The van der Waals surface area contributed by atoms with Crippen molar-refractivity contribution in [2.45, 2.75) is 25.2 Å². The van der Waals surface area contributed by atoms with Crippen molar-refractivity contribution in [1.29, 1.82) is 0 Å². The summed E-state index contributed by atoms with van der Waals surface area (Å²) < 4.78 is 76.3. The average molecular weight is 339 g/mol. The number of halogens is 6. The van der Waals surface area contributed by atoms with Crippen molar-refractivity contribution < 1.29 is 36.1 Å². The van der Waals surface area contributed by atoms with Crippen molar-refractivity contribution in [3.63, 3.8) is 0 Å². The van der Waals surface area contributed by atoms with E-state index in [-0.39, 0.29) is 12.0 Å². The predicted molar refractivity (Wildman–Crippen MR) is 64.9 cm³/mol. The normalized spacial score (nSPS) is 15.4. The van der Waals surface area contributed by atoms with E-state index in [1.54, 1.807) is 0 Å². The summed E-state index contributed by atoms with van der Waals surface area (Å²) in [5.74, 6) is -1.49. The van der Waals surface area contributed by atoms with Crippen LogP contribution in [0.3, 0.4) is 0 Å². The topological polar surface area (TPSA) is 60.2 Å². The van der Waals surface area contributed by atoms with Crippen LogP contribution in [0, 0.1) is 10.1 Å². The number of allylic oxidation sites excluding steroid dienone is 2. The molecule has 0 spiro atoms. The van der Waals surface area contributed by atoms with E-state index < -0.39 is 51.9 Å². The Bertz CT molecular complexity index is 701. The number of aryl methyl sites for hydroxylation is 1. The Morgan fingerprint density at radius 1 is 1.04 bits per heavy atom. The van der Waals surface area contributed by atoms with E-state index in [0.29, 0.717) is 6.07 Å². The number of Topliss-reactive ketones (excluding diaryl/α,β-unsaturated/α-hetero) is 1. The molecule has 0 heterocycles. The standard InChI is InChI=1S/C13H7F6NO3/c14-12(15,16)11(13(17,18)19)8-4-2-6-1-3-7(20(22)23)5-9(6)10(8)21/h1,3,5H,2,4H2. The second-order valence-electron chi connectivity index (χ2n) is 4.78. The number of carbonyl (C=O) groups is 1. The fraction of sp³-hybridized carbons (Fsp3) is 0.308. The maximum atomic E-state index is 12.7. The molecule has 0 amide bonds. The summed E-state index contributed by atoms with van der Waals surface area (Å²) in [4.78, 5) is 21.8. The first kappa shape index (κ1) is 17.0. The number of nitro groups is 1. The van der Waals surface area contributed by atoms with Crippen LogP contribution in [0.15, 0.2) is 29.3 Å². The molecule has 1 aromatic rings. The van der Waals surface area contributed by atoms with E-state index in [9.17, 15) is 41.3 Å². The highest BCUT2D eigenvalue weighted by molar-refractivity contribution is 6.11. The molecule has 124 valence electrons. The zero-order valence-corrected chi connectivity index (χ0v) is 11.1. The summed E-state index contributed by atoms with van der Waals surface area (Å²) in [7, 11) is 0. The third-order valence-corrected chi connectivity index (χ3v) is 3.34. The number of rotatable bonds is 1. The fourth-order valence-electron chi connectivity index (χ4n) is 2.38. The summed E-state index contributed by atoms with van der Waals surface area (Å²) in [6.07, 6.45) is -12.5. The third kappa shape index (κ3) is 3.20. The Hall–Kier alpha value is -2.39. The molecule has 23 heavy (non-hydrogen) atoms. The van der Waals surface area contributed by atoms with Gasteiger partial charge in [0.2, 0.25) is 0 Å². The zero-order chi connectivity index (χ0) is 17.6. The number of nitro benzene ring substituents is 1. The molecule has 0 aliphatic heterocycles. The molecule has 4 nitrogen and oxygen atoms in total. The number of alkyl halides is 6. The van der Waals surface area contributed by atoms with Gasteiger partial charge in [0.05, 0.1) is 4.92 Å². The molecule has 2 rings (SSSR count). The molecule has 0 fully saturated rings. The Morgan fingerprint density at radius 2 is 1.61 bits per heavy atom. The van der Waals surface area contributed by atoms with Gasteiger partial charge in [-0.3, -0.25) is 14.9 Å². The fourth-order valence-corrected chi connectivity index (χ4v) is 2.38. The number of carbonyl (C=O) groups excluding carboxylic acids is 1. The van der Waals surface area contributed by atoms with Crippen LogP contribution < -0.4 is 0 Å². The van der Waals surface area contributed by atoms with Gasteiger partial charge in [-0.25, -0.2) is 0 Å². The molecule has 0 atom stereocenters. The van der Waals surface area contributed by atoms with Gasteiger partial charge in [-0.05, 0) is 18.4 Å². The van der Waals surface area contributed by atoms with E-state index in [2.05, 4.69) is 0 Å². The highest BCUT2D eigenvalue weighted by Gasteiger charge is 2.54. The maximum absolute atomic E-state index is 12.7. The van der Waals surface area contributed by atoms with Gasteiger partial charge in [-0.1, -0.05) is 6.07 Å². The van der Waals surface area contributed by atoms with Gasteiger partial charge in [0.15, 0.2) is 5.78 Å². The van der Waals surface area contributed by atoms with Gasteiger partial charge in [-0.15, -0.1) is 0 Å². The van der Waals surface area contributed by atoms with Gasteiger partial charge < -0.3 is 0 Å². The van der Waals surface area contributed by atoms with Gasteiger partial charge >= 0.3 is 12.4 Å². The van der Waals surface area contributed by atoms with E-state index in [0.717, 1.165) is 12.1 Å². The van der Waals surface area contributed by atoms with Crippen LogP contribution in [0.5, 0.6) is 0 Å². The number of hydrogen-bond acceptors (Lipinski definition) is 3. The van der Waals surface area contributed by atoms with Crippen LogP contribution in [0.4, 0.5) is 32.0 Å². The Labute approximate surface area is 124 Å². The van der Waals surface area contributed by atoms with Gasteiger partial charge in [-0.2, -0.15) is 26.3 Å². The average Bonchev–Trinajstić information content (AvgIpc) is 2.38. The molecular weight excluding hydrogens is 332 g/mol. The summed E-state index contributed by atoms with van der Waals surface area (Å²) in [6, 6.07) is 2.89. The van der Waals surface area contributed by atoms with Crippen molar-refractivity contribution in [2.75, 3.05) is 0 Å². The largest absolute Gasteiger partial charge is 0.421 e. The summed E-state index contributed by atoms with van der Waals surface area (Å²) in [5.41, 5.74) is -5.19. The Balaban J connectivity index is 2.65. The third-order valence-electron chi connectivity index (χ3n) is 3.34. The predicted octanol–water partition coefficient (Wildman–Crippen LogP) is 4.14. The smallest absolute Gasteiger partial charge is 0.289 e. The van der Waals surface area contributed by atoms with Crippen LogP contribution in [-0.2, 0) is 6.42 Å². The molecule has 0 N–H and O–H groups in total. The first-order valence-electron chi connectivity index (χ1n) is 6.12.